The van der Waals surface area contributed by atoms with Crippen LogP contribution in [-0.2, 0) is 13.6 Å². The number of rotatable bonds is 4. The van der Waals surface area contributed by atoms with E-state index in [4.69, 9.17) is 0 Å². The van der Waals surface area contributed by atoms with Crippen LogP contribution in [0.25, 0.3) is 0 Å². The Hall–Kier alpha value is -1.02. The third-order valence-corrected chi connectivity index (χ3v) is 6.56. The molecule has 1 aromatic rings. The van der Waals surface area contributed by atoms with Gasteiger partial charge in [-0.05, 0) is 58.2 Å². The lowest BCUT2D eigenvalue weighted by Crippen LogP contribution is -2.47. The van der Waals surface area contributed by atoms with Crippen molar-refractivity contribution in [2.24, 2.45) is 7.05 Å². The first-order chi connectivity index (χ1) is 12.7. The Kier molecular flexibility index (Phi) is 5.88. The Morgan fingerprint density at radius 3 is 2.58 bits per heavy atom. The Morgan fingerprint density at radius 1 is 1.04 bits per heavy atom. The van der Waals surface area contributed by atoms with Crippen molar-refractivity contribution in [2.45, 2.75) is 63.1 Å². The highest BCUT2D eigenvalue weighted by Crippen LogP contribution is 2.29. The second-order valence-electron chi connectivity index (χ2n) is 8.36. The van der Waals surface area contributed by atoms with Crippen LogP contribution in [0.1, 0.15) is 56.1 Å². The van der Waals surface area contributed by atoms with Crippen LogP contribution in [0.15, 0.2) is 0 Å². The molecule has 0 unspecified atom stereocenters. The molecule has 0 saturated carbocycles. The molecule has 7 nitrogen and oxygen atoms in total. The van der Waals surface area contributed by atoms with Gasteiger partial charge in [-0.15, -0.1) is 10.2 Å². The first kappa shape index (κ1) is 18.3. The third-order valence-electron chi connectivity index (χ3n) is 6.56. The number of aliphatic hydroxyl groups excluding tert-OH is 1. The van der Waals surface area contributed by atoms with Crippen molar-refractivity contribution in [1.29, 1.82) is 0 Å². The van der Waals surface area contributed by atoms with Crippen molar-refractivity contribution in [1.82, 2.24) is 29.9 Å². The molecule has 0 spiro atoms. The third kappa shape index (κ3) is 4.11. The fourth-order valence-electron chi connectivity index (χ4n) is 4.87. The smallest absolute Gasteiger partial charge is 0.146 e. The van der Waals surface area contributed by atoms with Gasteiger partial charge in [0.25, 0.3) is 0 Å². The molecule has 0 aromatic carbocycles. The Bertz CT molecular complexity index is 577. The molecule has 4 heterocycles. The van der Waals surface area contributed by atoms with Crippen LogP contribution in [0.5, 0.6) is 0 Å². The minimum Gasteiger partial charge on any atom is -0.393 e. The topological polar surface area (TPSA) is 69.5 Å². The molecule has 3 aliphatic heterocycles. The Morgan fingerprint density at radius 2 is 1.81 bits per heavy atom. The van der Waals surface area contributed by atoms with Gasteiger partial charge in [0.15, 0.2) is 0 Å². The van der Waals surface area contributed by atoms with Crippen molar-refractivity contribution in [2.75, 3.05) is 39.3 Å². The number of aromatic nitrogens is 3. The predicted octanol–water partition coefficient (Wildman–Crippen LogP) is 0.703. The highest BCUT2D eigenvalue weighted by molar-refractivity contribution is 5.05. The molecule has 2 N–H and O–H groups in total. The van der Waals surface area contributed by atoms with E-state index in [-0.39, 0.29) is 6.10 Å². The maximum Gasteiger partial charge on any atom is 0.146 e. The maximum atomic E-state index is 9.69. The monoisotopic (exact) mass is 362 g/mol. The first-order valence-corrected chi connectivity index (χ1v) is 10.4. The summed E-state index contributed by atoms with van der Waals surface area (Å²) in [7, 11) is 2.13. The molecule has 4 rings (SSSR count). The predicted molar refractivity (Wildman–Crippen MR) is 101 cm³/mol. The van der Waals surface area contributed by atoms with E-state index in [2.05, 4.69) is 36.9 Å². The average Bonchev–Trinajstić information content (AvgIpc) is 3.05. The van der Waals surface area contributed by atoms with Crippen LogP contribution < -0.4 is 5.32 Å². The molecular weight excluding hydrogens is 328 g/mol. The summed E-state index contributed by atoms with van der Waals surface area (Å²) in [6, 6.07) is 0.742. The Balaban J connectivity index is 1.38. The second-order valence-corrected chi connectivity index (χ2v) is 8.36. The zero-order valence-electron chi connectivity index (χ0n) is 16.1. The molecule has 0 amide bonds. The maximum absolute atomic E-state index is 9.69. The summed E-state index contributed by atoms with van der Waals surface area (Å²) in [5, 5.41) is 22.3. The number of hydrogen-bond acceptors (Lipinski definition) is 6. The SMILES string of the molecule is Cn1c(CN2CCC(O)CC2)nnc1[C@H]1CCCN(C2CCNCC2)C1. The van der Waals surface area contributed by atoms with Crippen molar-refractivity contribution >= 4 is 0 Å². The van der Waals surface area contributed by atoms with Crippen LogP contribution >= 0.6 is 0 Å². The lowest BCUT2D eigenvalue weighted by Gasteiger charge is -2.39. The zero-order valence-corrected chi connectivity index (χ0v) is 16.1. The van der Waals surface area contributed by atoms with Crippen LogP contribution in [0, 0.1) is 0 Å². The van der Waals surface area contributed by atoms with E-state index < -0.39 is 0 Å². The standard InChI is InChI=1S/C19H34N6O/c1-23-18(14-24-11-6-17(26)7-12-24)21-22-19(23)15-3-2-10-25(13-15)16-4-8-20-9-5-16/h15-17,20,26H,2-14H2,1H3/t15-/m0/s1. The molecule has 1 aromatic heterocycles. The van der Waals surface area contributed by atoms with Crippen molar-refractivity contribution in [3.05, 3.63) is 11.6 Å². The molecule has 7 heteroatoms. The molecule has 146 valence electrons. The second kappa shape index (κ2) is 8.33. The van der Waals surface area contributed by atoms with Gasteiger partial charge in [0.2, 0.25) is 0 Å². The van der Waals surface area contributed by atoms with E-state index in [1.54, 1.807) is 0 Å². The van der Waals surface area contributed by atoms with Gasteiger partial charge < -0.3 is 15.0 Å². The molecule has 0 aliphatic carbocycles. The van der Waals surface area contributed by atoms with Gasteiger partial charge in [0.1, 0.15) is 11.6 Å². The quantitative estimate of drug-likeness (QED) is 0.822. The number of nitrogens with one attached hydrogen (secondary N) is 1. The number of likely N-dealkylation sites (tertiary alicyclic amines) is 2. The number of aliphatic hydroxyl groups is 1. The molecule has 26 heavy (non-hydrogen) atoms. The molecule has 3 aliphatic rings. The summed E-state index contributed by atoms with van der Waals surface area (Å²) in [5.74, 6) is 2.74. The van der Waals surface area contributed by atoms with E-state index in [9.17, 15) is 5.11 Å². The normalized spacial score (nSPS) is 27.8. The van der Waals surface area contributed by atoms with Gasteiger partial charge in [0.05, 0.1) is 12.6 Å². The molecule has 1 atom stereocenters. The average molecular weight is 363 g/mol. The van der Waals surface area contributed by atoms with Crippen LogP contribution in [0.3, 0.4) is 0 Å². The minimum atomic E-state index is -0.121. The molecular formula is C19H34N6O. The molecule has 0 bridgehead atoms. The summed E-state index contributed by atoms with van der Waals surface area (Å²) in [5.41, 5.74) is 0. The summed E-state index contributed by atoms with van der Waals surface area (Å²) in [4.78, 5) is 5.10. The van der Waals surface area contributed by atoms with Crippen molar-refractivity contribution in [3.63, 3.8) is 0 Å². The van der Waals surface area contributed by atoms with Gasteiger partial charge in [-0.25, -0.2) is 0 Å². The van der Waals surface area contributed by atoms with Gasteiger partial charge in [-0.1, -0.05) is 0 Å². The van der Waals surface area contributed by atoms with Crippen LogP contribution in [0.4, 0.5) is 0 Å². The lowest BCUT2D eigenvalue weighted by atomic mass is 9.93. The highest BCUT2D eigenvalue weighted by Gasteiger charge is 2.30. The lowest BCUT2D eigenvalue weighted by molar-refractivity contribution is 0.0775. The number of nitrogens with zero attached hydrogens (tertiary/aromatic N) is 5. The number of hydrogen-bond donors (Lipinski definition) is 2. The van der Waals surface area contributed by atoms with Crippen molar-refractivity contribution < 1.29 is 5.11 Å². The number of piperidine rings is 3. The van der Waals surface area contributed by atoms with Gasteiger partial charge in [-0.2, -0.15) is 0 Å². The van der Waals surface area contributed by atoms with Gasteiger partial charge in [-0.3, -0.25) is 9.80 Å². The summed E-state index contributed by atoms with van der Waals surface area (Å²) < 4.78 is 2.24. The molecule has 3 saturated heterocycles. The highest BCUT2D eigenvalue weighted by atomic mass is 16.3. The summed E-state index contributed by atoms with van der Waals surface area (Å²) in [6.07, 6.45) is 6.67. The van der Waals surface area contributed by atoms with Crippen LogP contribution in [0.2, 0.25) is 0 Å². The Labute approximate surface area is 156 Å². The van der Waals surface area contributed by atoms with E-state index in [1.165, 1.54) is 32.2 Å². The van der Waals surface area contributed by atoms with Crippen LogP contribution in [-0.4, -0.2) is 81.1 Å². The zero-order chi connectivity index (χ0) is 17.9. The minimum absolute atomic E-state index is 0.121. The fraction of sp³-hybridized carbons (Fsp3) is 0.895. The first-order valence-electron chi connectivity index (χ1n) is 10.4. The summed E-state index contributed by atoms with van der Waals surface area (Å²) >= 11 is 0. The van der Waals surface area contributed by atoms with E-state index >= 15 is 0 Å². The fourth-order valence-corrected chi connectivity index (χ4v) is 4.87. The summed E-state index contributed by atoms with van der Waals surface area (Å²) in [6.45, 7) is 7.44. The van der Waals surface area contributed by atoms with E-state index in [1.807, 2.05) is 0 Å². The van der Waals surface area contributed by atoms with Gasteiger partial charge in [0, 0.05) is 38.6 Å². The largest absolute Gasteiger partial charge is 0.393 e. The van der Waals surface area contributed by atoms with Gasteiger partial charge >= 0.3 is 0 Å². The van der Waals surface area contributed by atoms with E-state index in [0.29, 0.717) is 5.92 Å². The molecule has 0 radical (unpaired) electrons. The van der Waals surface area contributed by atoms with Crippen molar-refractivity contribution in [3.8, 4) is 0 Å². The molecule has 3 fully saturated rings. The van der Waals surface area contributed by atoms with E-state index in [0.717, 1.165) is 69.8 Å².